The van der Waals surface area contributed by atoms with E-state index in [1.54, 1.807) is 12.1 Å². The largest absolute Gasteiger partial charge is 0.484 e. The van der Waals surface area contributed by atoms with Crippen LogP contribution in [0.15, 0.2) is 77.4 Å². The second kappa shape index (κ2) is 11.5. The summed E-state index contributed by atoms with van der Waals surface area (Å²) in [5.74, 6) is 0.230. The van der Waals surface area contributed by atoms with Crippen LogP contribution in [0, 0.1) is 12.7 Å². The summed E-state index contributed by atoms with van der Waals surface area (Å²) in [5.41, 5.74) is 5.19. The van der Waals surface area contributed by atoms with Crippen LogP contribution >= 0.6 is 0 Å². The predicted molar refractivity (Wildman–Crippen MR) is 144 cm³/mol. The summed E-state index contributed by atoms with van der Waals surface area (Å²) in [5, 5.41) is 2.85. The van der Waals surface area contributed by atoms with Crippen LogP contribution in [0.3, 0.4) is 0 Å². The van der Waals surface area contributed by atoms with E-state index in [0.717, 1.165) is 34.2 Å². The molecule has 2 heterocycles. The third kappa shape index (κ3) is 6.00. The highest BCUT2D eigenvalue weighted by molar-refractivity contribution is 5.91. The second-order valence-electron chi connectivity index (χ2n) is 9.59. The predicted octanol–water partition coefficient (Wildman–Crippen LogP) is 5.52. The zero-order valence-corrected chi connectivity index (χ0v) is 21.9. The van der Waals surface area contributed by atoms with Crippen molar-refractivity contribution >= 4 is 11.8 Å². The highest BCUT2D eigenvalue weighted by Crippen LogP contribution is 2.37. The molecule has 1 aliphatic rings. The minimum Gasteiger partial charge on any atom is -0.484 e. The number of carbonyl (C=O) groups excluding carboxylic acids is 2. The van der Waals surface area contributed by atoms with Gasteiger partial charge in [-0.1, -0.05) is 55.0 Å². The van der Waals surface area contributed by atoms with Gasteiger partial charge in [-0.2, -0.15) is 0 Å². The molecule has 1 N–H and O–H groups in total. The summed E-state index contributed by atoms with van der Waals surface area (Å²) >= 11 is 0. The van der Waals surface area contributed by atoms with Gasteiger partial charge in [0.25, 0.3) is 5.91 Å². The van der Waals surface area contributed by atoms with Crippen LogP contribution in [0.1, 0.15) is 63.6 Å². The van der Waals surface area contributed by atoms with E-state index in [1.807, 2.05) is 61.2 Å². The van der Waals surface area contributed by atoms with Crippen molar-refractivity contribution in [3.05, 3.63) is 118 Å². The van der Waals surface area contributed by atoms with Crippen LogP contribution in [0.2, 0.25) is 0 Å². The molecular formula is C31H30FN3O4. The minimum atomic E-state index is -0.337. The molecule has 2 amide bonds. The molecule has 0 saturated carbocycles. The molecule has 0 aliphatic carbocycles. The number of rotatable bonds is 8. The Bertz CT molecular complexity index is 1480. The van der Waals surface area contributed by atoms with E-state index in [1.165, 1.54) is 18.4 Å². The molecule has 0 fully saturated rings. The number of carbonyl (C=O) groups is 2. The van der Waals surface area contributed by atoms with Crippen LogP contribution < -0.4 is 10.1 Å². The molecule has 1 atom stereocenters. The maximum absolute atomic E-state index is 13.6. The van der Waals surface area contributed by atoms with Gasteiger partial charge in [0.15, 0.2) is 12.3 Å². The number of amides is 2. The Labute approximate surface area is 226 Å². The van der Waals surface area contributed by atoms with Crippen molar-refractivity contribution in [3.63, 3.8) is 0 Å². The molecule has 200 valence electrons. The summed E-state index contributed by atoms with van der Waals surface area (Å²) in [6.07, 6.45) is 2.42. The Morgan fingerprint density at radius 1 is 1.13 bits per heavy atom. The lowest BCUT2D eigenvalue weighted by Gasteiger charge is -2.38. The van der Waals surface area contributed by atoms with Gasteiger partial charge in [-0.15, -0.1) is 0 Å². The van der Waals surface area contributed by atoms with Gasteiger partial charge in [0.2, 0.25) is 11.8 Å². The number of hydrogen-bond acceptors (Lipinski definition) is 5. The van der Waals surface area contributed by atoms with Crippen molar-refractivity contribution in [1.82, 2.24) is 15.2 Å². The van der Waals surface area contributed by atoms with Crippen LogP contribution in [0.5, 0.6) is 5.75 Å². The first kappa shape index (κ1) is 26.2. The Kier molecular flexibility index (Phi) is 7.72. The first-order valence-electron chi connectivity index (χ1n) is 13.0. The molecule has 0 spiro atoms. The van der Waals surface area contributed by atoms with Crippen molar-refractivity contribution in [2.24, 2.45) is 0 Å². The van der Waals surface area contributed by atoms with Gasteiger partial charge in [-0.25, -0.2) is 9.37 Å². The van der Waals surface area contributed by atoms with E-state index in [-0.39, 0.29) is 41.9 Å². The number of aromatic nitrogens is 1. The van der Waals surface area contributed by atoms with E-state index in [0.29, 0.717) is 25.3 Å². The van der Waals surface area contributed by atoms with Gasteiger partial charge in [0.05, 0.1) is 6.04 Å². The lowest BCUT2D eigenvalue weighted by molar-refractivity contribution is -0.132. The average molecular weight is 528 g/mol. The number of aryl methyl sites for hydroxylation is 1. The standard InChI is InChI=1S/C31H30FN3O4/c1-3-29(36)35-14-13-22-9-12-25(16-26(22)30(35)23-7-10-24(32)11-8-23)38-19-28-34-27(18-39-28)31(37)33-17-21-6-4-5-20(2)15-21/h4-12,15-16,18,30H,3,13-14,17,19H2,1-2H3,(H,33,37)/t30-/m0/s1. The smallest absolute Gasteiger partial charge is 0.273 e. The van der Waals surface area contributed by atoms with E-state index >= 15 is 0 Å². The molecule has 8 heteroatoms. The van der Waals surface area contributed by atoms with Gasteiger partial charge in [0, 0.05) is 19.5 Å². The Morgan fingerprint density at radius 3 is 2.72 bits per heavy atom. The third-order valence-corrected chi connectivity index (χ3v) is 6.84. The number of ether oxygens (including phenoxy) is 1. The van der Waals surface area contributed by atoms with Crippen LogP contribution in [0.25, 0.3) is 0 Å². The number of fused-ring (bicyclic) bond motifs is 1. The van der Waals surface area contributed by atoms with Gasteiger partial charge in [-0.05, 0) is 59.9 Å². The molecule has 1 aliphatic heterocycles. The van der Waals surface area contributed by atoms with E-state index in [9.17, 15) is 14.0 Å². The monoisotopic (exact) mass is 527 g/mol. The molecule has 0 saturated heterocycles. The number of benzene rings is 3. The molecule has 0 unspecified atom stereocenters. The molecule has 5 rings (SSSR count). The van der Waals surface area contributed by atoms with Crippen molar-refractivity contribution in [3.8, 4) is 5.75 Å². The summed E-state index contributed by atoms with van der Waals surface area (Å²) < 4.78 is 25.1. The number of halogens is 1. The fraction of sp³-hybridized carbons (Fsp3) is 0.258. The summed E-state index contributed by atoms with van der Waals surface area (Å²) in [4.78, 5) is 31.4. The molecule has 0 bridgehead atoms. The summed E-state index contributed by atoms with van der Waals surface area (Å²) in [6, 6.07) is 19.6. The van der Waals surface area contributed by atoms with Crippen molar-refractivity contribution in [2.75, 3.05) is 6.54 Å². The van der Waals surface area contributed by atoms with Crippen LogP contribution in [-0.2, 0) is 24.4 Å². The van der Waals surface area contributed by atoms with E-state index in [2.05, 4.69) is 10.3 Å². The first-order chi connectivity index (χ1) is 18.9. The van der Waals surface area contributed by atoms with Gasteiger partial charge < -0.3 is 19.4 Å². The lowest BCUT2D eigenvalue weighted by Crippen LogP contribution is -2.40. The van der Waals surface area contributed by atoms with Crippen LogP contribution in [0.4, 0.5) is 4.39 Å². The van der Waals surface area contributed by atoms with Crippen molar-refractivity contribution in [2.45, 2.75) is 45.9 Å². The SMILES string of the molecule is CCC(=O)N1CCc2ccc(OCc3nc(C(=O)NCc4cccc(C)c4)co3)cc2[C@@H]1c1ccc(F)cc1. The molecule has 7 nitrogen and oxygen atoms in total. The normalized spacial score (nSPS) is 14.5. The average Bonchev–Trinajstić information content (AvgIpc) is 3.43. The fourth-order valence-corrected chi connectivity index (χ4v) is 4.88. The maximum Gasteiger partial charge on any atom is 0.273 e. The Morgan fingerprint density at radius 2 is 1.95 bits per heavy atom. The first-order valence-corrected chi connectivity index (χ1v) is 13.0. The molecule has 1 aromatic heterocycles. The number of nitrogens with zero attached hydrogens (tertiary/aromatic N) is 2. The molecule has 0 radical (unpaired) electrons. The quantitative estimate of drug-likeness (QED) is 0.326. The highest BCUT2D eigenvalue weighted by Gasteiger charge is 2.31. The molecular weight excluding hydrogens is 497 g/mol. The maximum atomic E-state index is 13.6. The molecule has 3 aromatic carbocycles. The Balaban J connectivity index is 1.29. The fourth-order valence-electron chi connectivity index (χ4n) is 4.88. The molecule has 39 heavy (non-hydrogen) atoms. The topological polar surface area (TPSA) is 84.7 Å². The Hall–Kier alpha value is -4.46. The highest BCUT2D eigenvalue weighted by atomic mass is 19.1. The summed E-state index contributed by atoms with van der Waals surface area (Å²) in [7, 11) is 0. The zero-order chi connectivity index (χ0) is 27.4. The number of hydrogen-bond donors (Lipinski definition) is 1. The van der Waals surface area contributed by atoms with E-state index < -0.39 is 0 Å². The summed E-state index contributed by atoms with van der Waals surface area (Å²) in [6.45, 7) is 4.85. The number of oxazole rings is 1. The van der Waals surface area contributed by atoms with Crippen molar-refractivity contribution in [1.29, 1.82) is 0 Å². The zero-order valence-electron chi connectivity index (χ0n) is 21.9. The second-order valence-corrected chi connectivity index (χ2v) is 9.59. The van der Waals surface area contributed by atoms with E-state index in [4.69, 9.17) is 9.15 Å². The van der Waals surface area contributed by atoms with Gasteiger partial charge in [0.1, 0.15) is 17.8 Å². The van der Waals surface area contributed by atoms with Gasteiger partial charge in [-0.3, -0.25) is 9.59 Å². The lowest BCUT2D eigenvalue weighted by atomic mass is 9.87. The number of nitrogens with one attached hydrogen (secondary N) is 1. The van der Waals surface area contributed by atoms with Crippen molar-refractivity contribution < 1.29 is 23.1 Å². The van der Waals surface area contributed by atoms with Crippen LogP contribution in [-0.4, -0.2) is 28.2 Å². The van der Waals surface area contributed by atoms with Gasteiger partial charge >= 0.3 is 0 Å². The third-order valence-electron chi connectivity index (χ3n) is 6.84. The minimum absolute atomic E-state index is 0.0305. The molecule has 4 aromatic rings.